The zero-order chi connectivity index (χ0) is 15.0. The molecule has 2 nitrogen and oxygen atoms in total. The number of rotatable bonds is 5. The molecule has 0 bridgehead atoms. The van der Waals surface area contributed by atoms with Crippen molar-refractivity contribution in [1.82, 2.24) is 10.3 Å². The molecule has 0 unspecified atom stereocenters. The normalized spacial score (nSPS) is 14.7. The van der Waals surface area contributed by atoms with Crippen LogP contribution in [0.1, 0.15) is 36.3 Å². The molecular weight excluding hydrogens is 297 g/mol. The van der Waals surface area contributed by atoms with Crippen LogP contribution in [0.3, 0.4) is 0 Å². The molecule has 0 aliphatic heterocycles. The lowest BCUT2D eigenvalue weighted by atomic mass is 10.2. The van der Waals surface area contributed by atoms with Crippen LogP contribution in [0.4, 0.5) is 13.2 Å². The molecule has 1 fully saturated rings. The molecule has 3 rings (SSSR count). The van der Waals surface area contributed by atoms with Gasteiger partial charge < -0.3 is 5.32 Å². The first-order chi connectivity index (χ1) is 10.1. The second-order valence-electron chi connectivity index (χ2n) is 5.13. The molecule has 112 valence electrons. The Bertz CT molecular complexity index is 642. The maximum Gasteiger partial charge on any atom is 0.139 e. The molecule has 0 amide bonds. The number of hydrogen-bond acceptors (Lipinski definition) is 3. The van der Waals surface area contributed by atoms with Crippen molar-refractivity contribution in [2.24, 2.45) is 0 Å². The number of nitrogens with zero attached hydrogens (tertiary/aromatic N) is 1. The summed E-state index contributed by atoms with van der Waals surface area (Å²) < 4.78 is 40.8. The maximum atomic E-state index is 13.9. The van der Waals surface area contributed by atoms with Gasteiger partial charge in [-0.2, -0.15) is 0 Å². The average Bonchev–Trinajstić information content (AvgIpc) is 3.17. The maximum absolute atomic E-state index is 13.9. The van der Waals surface area contributed by atoms with Crippen LogP contribution >= 0.6 is 11.3 Å². The average molecular weight is 312 g/mol. The lowest BCUT2D eigenvalue weighted by Crippen LogP contribution is -2.11. The van der Waals surface area contributed by atoms with Crippen LogP contribution in [-0.2, 0) is 6.54 Å². The van der Waals surface area contributed by atoms with Crippen molar-refractivity contribution in [2.45, 2.75) is 32.2 Å². The van der Waals surface area contributed by atoms with Gasteiger partial charge in [-0.3, -0.25) is 0 Å². The van der Waals surface area contributed by atoms with Crippen LogP contribution in [-0.4, -0.2) is 11.5 Å². The molecule has 1 aliphatic carbocycles. The molecule has 1 aromatic heterocycles. The Morgan fingerprint density at radius 1 is 1.24 bits per heavy atom. The lowest BCUT2D eigenvalue weighted by Gasteiger charge is -2.01. The van der Waals surface area contributed by atoms with Gasteiger partial charge in [-0.25, -0.2) is 18.2 Å². The van der Waals surface area contributed by atoms with Crippen molar-refractivity contribution >= 4 is 11.3 Å². The Morgan fingerprint density at radius 2 is 1.90 bits per heavy atom. The van der Waals surface area contributed by atoms with Crippen molar-refractivity contribution in [1.29, 1.82) is 0 Å². The number of aromatic nitrogens is 1. The van der Waals surface area contributed by atoms with Gasteiger partial charge in [0.2, 0.25) is 0 Å². The minimum atomic E-state index is -0.916. The van der Waals surface area contributed by atoms with Gasteiger partial charge in [0.05, 0.1) is 11.3 Å². The van der Waals surface area contributed by atoms with E-state index in [0.717, 1.165) is 30.0 Å². The van der Waals surface area contributed by atoms with Crippen molar-refractivity contribution < 1.29 is 13.2 Å². The van der Waals surface area contributed by atoms with Crippen LogP contribution in [0, 0.1) is 17.5 Å². The van der Waals surface area contributed by atoms with E-state index in [1.54, 1.807) is 0 Å². The highest BCUT2D eigenvalue weighted by Gasteiger charge is 2.30. The number of hydrogen-bond donors (Lipinski definition) is 1. The zero-order valence-electron chi connectivity index (χ0n) is 11.5. The molecule has 0 saturated heterocycles. The van der Waals surface area contributed by atoms with Crippen molar-refractivity contribution in [2.75, 3.05) is 6.54 Å². The van der Waals surface area contributed by atoms with Crippen molar-refractivity contribution in [3.05, 3.63) is 40.2 Å². The molecule has 1 N–H and O–H groups in total. The molecule has 1 heterocycles. The summed E-state index contributed by atoms with van der Waals surface area (Å²) in [5.41, 5.74) is 0.699. The van der Waals surface area contributed by atoms with Crippen LogP contribution in [0.15, 0.2) is 12.1 Å². The van der Waals surface area contributed by atoms with Gasteiger partial charge in [-0.1, -0.05) is 6.92 Å². The van der Waals surface area contributed by atoms with E-state index in [1.165, 1.54) is 11.3 Å². The molecule has 0 atom stereocenters. The smallest absolute Gasteiger partial charge is 0.139 e. The SMILES string of the molecule is CCNCc1sc(-c2c(F)cc(F)cc2F)nc1C1CC1. The summed E-state index contributed by atoms with van der Waals surface area (Å²) in [5.74, 6) is -2.33. The summed E-state index contributed by atoms with van der Waals surface area (Å²) in [6.45, 7) is 3.46. The molecule has 1 aliphatic rings. The summed E-state index contributed by atoms with van der Waals surface area (Å²) in [6.07, 6.45) is 2.13. The Morgan fingerprint density at radius 3 is 2.48 bits per heavy atom. The first-order valence-electron chi connectivity index (χ1n) is 6.95. The van der Waals surface area contributed by atoms with Crippen LogP contribution < -0.4 is 5.32 Å². The Kier molecular flexibility index (Phi) is 3.99. The van der Waals surface area contributed by atoms with E-state index in [1.807, 2.05) is 6.92 Å². The van der Waals surface area contributed by atoms with Gasteiger partial charge in [0.1, 0.15) is 22.5 Å². The standard InChI is InChI=1S/C15H15F3N2S/c1-2-19-7-12-14(8-3-4-8)20-15(21-12)13-10(17)5-9(16)6-11(13)18/h5-6,8,19H,2-4,7H2,1H3. The summed E-state index contributed by atoms with van der Waals surface area (Å²) >= 11 is 1.28. The number of nitrogens with one attached hydrogen (secondary N) is 1. The van der Waals surface area contributed by atoms with E-state index in [-0.39, 0.29) is 5.56 Å². The Labute approximate surface area is 125 Å². The number of halogens is 3. The van der Waals surface area contributed by atoms with Crippen LogP contribution in [0.25, 0.3) is 10.6 Å². The molecule has 1 aromatic carbocycles. The second-order valence-corrected chi connectivity index (χ2v) is 6.21. The third-order valence-corrected chi connectivity index (χ3v) is 4.54. The van der Waals surface area contributed by atoms with Gasteiger partial charge in [-0.15, -0.1) is 11.3 Å². The monoisotopic (exact) mass is 312 g/mol. The highest BCUT2D eigenvalue weighted by molar-refractivity contribution is 7.15. The highest BCUT2D eigenvalue weighted by Crippen LogP contribution is 2.44. The van der Waals surface area contributed by atoms with Crippen LogP contribution in [0.5, 0.6) is 0 Å². The Balaban J connectivity index is 2.03. The lowest BCUT2D eigenvalue weighted by molar-refractivity contribution is 0.548. The topological polar surface area (TPSA) is 24.9 Å². The van der Waals surface area contributed by atoms with Crippen molar-refractivity contribution in [3.63, 3.8) is 0 Å². The molecular formula is C15H15F3N2S. The van der Waals surface area contributed by atoms with Crippen molar-refractivity contribution in [3.8, 4) is 10.6 Å². The predicted molar refractivity (Wildman–Crippen MR) is 76.8 cm³/mol. The Hall–Kier alpha value is -1.40. The van der Waals surface area contributed by atoms with E-state index in [2.05, 4.69) is 10.3 Å². The van der Waals surface area contributed by atoms with E-state index >= 15 is 0 Å². The first kappa shape index (κ1) is 14.5. The van der Waals surface area contributed by atoms with E-state index < -0.39 is 17.5 Å². The molecule has 21 heavy (non-hydrogen) atoms. The number of thiazole rings is 1. The largest absolute Gasteiger partial charge is 0.312 e. The summed E-state index contributed by atoms with van der Waals surface area (Å²) in [5, 5.41) is 3.51. The quantitative estimate of drug-likeness (QED) is 0.894. The summed E-state index contributed by atoms with van der Waals surface area (Å²) in [4.78, 5) is 5.43. The molecule has 0 spiro atoms. The summed E-state index contributed by atoms with van der Waals surface area (Å²) in [6, 6.07) is 1.39. The molecule has 6 heteroatoms. The zero-order valence-corrected chi connectivity index (χ0v) is 12.4. The molecule has 1 saturated carbocycles. The second kappa shape index (κ2) is 5.77. The fourth-order valence-electron chi connectivity index (χ4n) is 2.26. The highest BCUT2D eigenvalue weighted by atomic mass is 32.1. The van der Waals surface area contributed by atoms with E-state index in [9.17, 15) is 13.2 Å². The van der Waals surface area contributed by atoms with E-state index in [4.69, 9.17) is 0 Å². The van der Waals surface area contributed by atoms with Gasteiger partial charge >= 0.3 is 0 Å². The molecule has 0 radical (unpaired) electrons. The fourth-order valence-corrected chi connectivity index (χ4v) is 3.42. The van der Waals surface area contributed by atoms with Crippen LogP contribution in [0.2, 0.25) is 0 Å². The third-order valence-electron chi connectivity index (χ3n) is 3.45. The fraction of sp³-hybridized carbons (Fsp3) is 0.400. The third kappa shape index (κ3) is 2.96. The van der Waals surface area contributed by atoms with Gasteiger partial charge in [0.25, 0.3) is 0 Å². The first-order valence-corrected chi connectivity index (χ1v) is 7.77. The van der Waals surface area contributed by atoms with E-state index in [0.29, 0.717) is 29.6 Å². The minimum Gasteiger partial charge on any atom is -0.312 e. The minimum absolute atomic E-state index is 0.231. The number of benzene rings is 1. The van der Waals surface area contributed by atoms with Gasteiger partial charge in [0.15, 0.2) is 0 Å². The van der Waals surface area contributed by atoms with Gasteiger partial charge in [0, 0.05) is 29.5 Å². The predicted octanol–water partition coefficient (Wildman–Crippen LogP) is 4.21. The molecule has 2 aromatic rings. The summed E-state index contributed by atoms with van der Waals surface area (Å²) in [7, 11) is 0. The van der Waals surface area contributed by atoms with Gasteiger partial charge in [-0.05, 0) is 19.4 Å².